The quantitative estimate of drug-likeness (QED) is 0.818. The Balaban J connectivity index is 1.27. The lowest BCUT2D eigenvalue weighted by atomic mass is 10.1. The summed E-state index contributed by atoms with van der Waals surface area (Å²) in [5.41, 5.74) is 4.21. The fourth-order valence-electron chi connectivity index (χ4n) is 4.23. The second-order valence-electron chi connectivity index (χ2n) is 8.29. The highest BCUT2D eigenvalue weighted by Crippen LogP contribution is 2.31. The van der Waals surface area contributed by atoms with Gasteiger partial charge in [0.05, 0.1) is 6.54 Å². The molecule has 0 spiro atoms. The van der Waals surface area contributed by atoms with Crippen LogP contribution in [0.5, 0.6) is 11.5 Å². The van der Waals surface area contributed by atoms with Gasteiger partial charge in [0.25, 0.3) is 5.91 Å². The first kappa shape index (κ1) is 21.2. The highest BCUT2D eigenvalue weighted by molar-refractivity contribution is 5.93. The Bertz CT molecular complexity index is 960. The minimum absolute atomic E-state index is 0.0320. The number of nitrogens with one attached hydrogen (secondary N) is 1. The van der Waals surface area contributed by atoms with E-state index in [2.05, 4.69) is 29.3 Å². The van der Waals surface area contributed by atoms with Crippen molar-refractivity contribution in [1.29, 1.82) is 0 Å². The van der Waals surface area contributed by atoms with Crippen LogP contribution >= 0.6 is 0 Å². The summed E-state index contributed by atoms with van der Waals surface area (Å²) in [4.78, 5) is 29.3. The number of fused-ring (bicyclic) bond motifs is 1. The molecule has 1 saturated heterocycles. The van der Waals surface area contributed by atoms with Crippen molar-refractivity contribution < 1.29 is 19.1 Å². The van der Waals surface area contributed by atoms with Gasteiger partial charge in [0.2, 0.25) is 12.0 Å². The third-order valence-electron chi connectivity index (χ3n) is 5.78. The SMILES string of the molecule is Cc1cc(C)c(NC(=O)CN2CCN(C(=O)[C@@H]3COc4ccccc4O3)CC2)c(C)c1. The Hall–Kier alpha value is -3.06. The molecule has 2 aromatic rings. The maximum absolute atomic E-state index is 12.9. The Labute approximate surface area is 182 Å². The zero-order chi connectivity index (χ0) is 22.0. The number of benzene rings is 2. The first-order valence-corrected chi connectivity index (χ1v) is 10.7. The molecule has 1 N–H and O–H groups in total. The van der Waals surface area contributed by atoms with Crippen LogP contribution in [0.25, 0.3) is 0 Å². The Morgan fingerprint density at radius 1 is 1.00 bits per heavy atom. The minimum Gasteiger partial charge on any atom is -0.485 e. The smallest absolute Gasteiger partial charge is 0.267 e. The summed E-state index contributed by atoms with van der Waals surface area (Å²) in [7, 11) is 0. The molecule has 2 heterocycles. The van der Waals surface area contributed by atoms with Crippen LogP contribution < -0.4 is 14.8 Å². The molecule has 164 valence electrons. The number of piperazine rings is 1. The van der Waals surface area contributed by atoms with Gasteiger partial charge < -0.3 is 19.7 Å². The lowest BCUT2D eigenvalue weighted by molar-refractivity contribution is -0.143. The Morgan fingerprint density at radius 3 is 2.32 bits per heavy atom. The highest BCUT2D eigenvalue weighted by atomic mass is 16.6. The van der Waals surface area contributed by atoms with E-state index in [9.17, 15) is 9.59 Å². The lowest BCUT2D eigenvalue weighted by Gasteiger charge is -2.36. The largest absolute Gasteiger partial charge is 0.485 e. The van der Waals surface area contributed by atoms with Gasteiger partial charge in [0, 0.05) is 31.9 Å². The van der Waals surface area contributed by atoms with Crippen LogP contribution in [0.15, 0.2) is 36.4 Å². The molecule has 0 aromatic heterocycles. The monoisotopic (exact) mass is 423 g/mol. The molecule has 0 unspecified atom stereocenters. The molecule has 0 bridgehead atoms. The molecule has 0 saturated carbocycles. The van der Waals surface area contributed by atoms with Gasteiger partial charge in [-0.05, 0) is 44.0 Å². The van der Waals surface area contributed by atoms with Crippen molar-refractivity contribution >= 4 is 17.5 Å². The summed E-state index contributed by atoms with van der Waals surface area (Å²) >= 11 is 0. The van der Waals surface area contributed by atoms with Crippen molar-refractivity contribution in [3.63, 3.8) is 0 Å². The van der Waals surface area contributed by atoms with Gasteiger partial charge in [0.15, 0.2) is 11.5 Å². The van der Waals surface area contributed by atoms with Gasteiger partial charge in [-0.25, -0.2) is 0 Å². The fourth-order valence-corrected chi connectivity index (χ4v) is 4.23. The standard InChI is InChI=1S/C24H29N3O4/c1-16-12-17(2)23(18(3)13-16)25-22(28)14-26-8-10-27(11-9-26)24(29)21-15-30-19-6-4-5-7-20(19)31-21/h4-7,12-13,21H,8-11,14-15H2,1-3H3,(H,25,28)/t21-/m0/s1. The van der Waals surface area contributed by atoms with E-state index in [1.165, 1.54) is 5.56 Å². The number of carbonyl (C=O) groups is 2. The molecule has 31 heavy (non-hydrogen) atoms. The fraction of sp³-hybridized carbons (Fsp3) is 0.417. The molecule has 4 rings (SSSR count). The zero-order valence-electron chi connectivity index (χ0n) is 18.3. The third-order valence-corrected chi connectivity index (χ3v) is 5.78. The molecule has 0 radical (unpaired) electrons. The summed E-state index contributed by atoms with van der Waals surface area (Å²) in [6.07, 6.45) is -0.628. The number of carbonyl (C=O) groups excluding carboxylic acids is 2. The molecule has 2 amide bonds. The average Bonchev–Trinajstić information content (AvgIpc) is 2.76. The third kappa shape index (κ3) is 4.82. The summed E-state index contributed by atoms with van der Waals surface area (Å²) in [5, 5.41) is 3.05. The first-order valence-electron chi connectivity index (χ1n) is 10.7. The van der Waals surface area contributed by atoms with Crippen LogP contribution in [0.2, 0.25) is 0 Å². The Morgan fingerprint density at radius 2 is 1.65 bits per heavy atom. The Kier molecular flexibility index (Phi) is 6.13. The highest BCUT2D eigenvalue weighted by Gasteiger charge is 2.32. The average molecular weight is 424 g/mol. The minimum atomic E-state index is -0.628. The molecular weight excluding hydrogens is 394 g/mol. The first-order chi connectivity index (χ1) is 14.9. The predicted molar refractivity (Wildman–Crippen MR) is 119 cm³/mol. The molecule has 7 nitrogen and oxygen atoms in total. The maximum Gasteiger partial charge on any atom is 0.267 e. The molecule has 7 heteroatoms. The molecule has 1 fully saturated rings. The van der Waals surface area contributed by atoms with Crippen LogP contribution in [0.3, 0.4) is 0 Å². The number of amides is 2. The van der Waals surface area contributed by atoms with E-state index < -0.39 is 6.10 Å². The van der Waals surface area contributed by atoms with Gasteiger partial charge in [-0.15, -0.1) is 0 Å². The second kappa shape index (κ2) is 8.98. The maximum atomic E-state index is 12.9. The predicted octanol–water partition coefficient (Wildman–Crippen LogP) is 2.53. The van der Waals surface area contributed by atoms with Crippen molar-refractivity contribution in [3.05, 3.63) is 53.1 Å². The van der Waals surface area contributed by atoms with E-state index in [0.29, 0.717) is 44.2 Å². The van der Waals surface area contributed by atoms with Crippen molar-refractivity contribution in [2.24, 2.45) is 0 Å². The van der Waals surface area contributed by atoms with Crippen LogP contribution in [0, 0.1) is 20.8 Å². The molecule has 2 aliphatic heterocycles. The van der Waals surface area contributed by atoms with Gasteiger partial charge in [-0.3, -0.25) is 14.5 Å². The van der Waals surface area contributed by atoms with E-state index in [4.69, 9.17) is 9.47 Å². The van der Waals surface area contributed by atoms with Crippen molar-refractivity contribution in [2.75, 3.05) is 44.6 Å². The topological polar surface area (TPSA) is 71.1 Å². The van der Waals surface area contributed by atoms with Crippen LogP contribution in [-0.4, -0.2) is 67.0 Å². The van der Waals surface area contributed by atoms with Gasteiger partial charge >= 0.3 is 0 Å². The number of anilines is 1. The van der Waals surface area contributed by atoms with Crippen molar-refractivity contribution in [3.8, 4) is 11.5 Å². The summed E-state index contributed by atoms with van der Waals surface area (Å²) in [6.45, 7) is 9.02. The van der Waals surface area contributed by atoms with Crippen LogP contribution in [0.1, 0.15) is 16.7 Å². The van der Waals surface area contributed by atoms with E-state index >= 15 is 0 Å². The van der Waals surface area contributed by atoms with E-state index in [0.717, 1.165) is 16.8 Å². The van der Waals surface area contributed by atoms with E-state index in [-0.39, 0.29) is 18.4 Å². The van der Waals surface area contributed by atoms with Crippen molar-refractivity contribution in [1.82, 2.24) is 9.80 Å². The van der Waals surface area contributed by atoms with E-state index in [1.54, 1.807) is 4.90 Å². The number of nitrogens with zero attached hydrogens (tertiary/aromatic N) is 2. The van der Waals surface area contributed by atoms with Crippen LogP contribution in [-0.2, 0) is 9.59 Å². The molecule has 2 aliphatic rings. The molecule has 1 atom stereocenters. The molecule has 0 aliphatic carbocycles. The normalized spacial score (nSPS) is 18.5. The molecule has 2 aromatic carbocycles. The summed E-state index contributed by atoms with van der Waals surface area (Å²) in [5.74, 6) is 1.17. The number of hydrogen-bond donors (Lipinski definition) is 1. The van der Waals surface area contributed by atoms with Crippen molar-refractivity contribution in [2.45, 2.75) is 26.9 Å². The number of para-hydroxylation sites is 2. The molecular formula is C24H29N3O4. The zero-order valence-corrected chi connectivity index (χ0v) is 18.3. The van der Waals surface area contributed by atoms with Gasteiger partial charge in [-0.1, -0.05) is 29.8 Å². The number of aryl methyl sites for hydroxylation is 3. The van der Waals surface area contributed by atoms with Crippen LogP contribution in [0.4, 0.5) is 5.69 Å². The van der Waals surface area contributed by atoms with Gasteiger partial charge in [0.1, 0.15) is 6.61 Å². The second-order valence-corrected chi connectivity index (χ2v) is 8.29. The lowest BCUT2D eigenvalue weighted by Crippen LogP contribution is -2.54. The summed E-state index contributed by atoms with van der Waals surface area (Å²) in [6, 6.07) is 11.5. The van der Waals surface area contributed by atoms with E-state index in [1.807, 2.05) is 38.1 Å². The number of hydrogen-bond acceptors (Lipinski definition) is 5. The summed E-state index contributed by atoms with van der Waals surface area (Å²) < 4.78 is 11.5. The number of rotatable bonds is 4. The number of ether oxygens (including phenoxy) is 2. The van der Waals surface area contributed by atoms with Gasteiger partial charge in [-0.2, -0.15) is 0 Å².